The SMILES string of the molecule is O=C(O)CCC1CCN(C(=O)c2c(F)cccc2Cl)CC1. The molecule has 1 heterocycles. The van der Waals surface area contributed by atoms with Crippen LogP contribution in [0.3, 0.4) is 0 Å². The van der Waals surface area contributed by atoms with Crippen LogP contribution in [-0.4, -0.2) is 35.0 Å². The first-order valence-electron chi connectivity index (χ1n) is 6.94. The number of carboxylic acids is 1. The molecule has 21 heavy (non-hydrogen) atoms. The number of rotatable bonds is 4. The molecule has 1 saturated heterocycles. The maximum absolute atomic E-state index is 13.7. The van der Waals surface area contributed by atoms with Crippen molar-refractivity contribution >= 4 is 23.5 Å². The molecule has 2 rings (SSSR count). The van der Waals surface area contributed by atoms with Crippen molar-refractivity contribution in [2.45, 2.75) is 25.7 Å². The first-order valence-corrected chi connectivity index (χ1v) is 7.32. The number of carbonyl (C=O) groups is 2. The second-order valence-electron chi connectivity index (χ2n) is 5.26. The van der Waals surface area contributed by atoms with Crippen LogP contribution in [0.4, 0.5) is 4.39 Å². The first kappa shape index (κ1) is 15.8. The van der Waals surface area contributed by atoms with Gasteiger partial charge in [-0.1, -0.05) is 17.7 Å². The maximum Gasteiger partial charge on any atom is 0.303 e. The number of likely N-dealkylation sites (tertiary alicyclic amines) is 1. The zero-order valence-electron chi connectivity index (χ0n) is 11.5. The summed E-state index contributed by atoms with van der Waals surface area (Å²) in [4.78, 5) is 24.5. The minimum atomic E-state index is -0.799. The summed E-state index contributed by atoms with van der Waals surface area (Å²) in [5.41, 5.74) is -0.0804. The van der Waals surface area contributed by atoms with Crippen molar-refractivity contribution < 1.29 is 19.1 Å². The summed E-state index contributed by atoms with van der Waals surface area (Å²) in [5.74, 6) is -1.50. The van der Waals surface area contributed by atoms with Crippen LogP contribution in [0.2, 0.25) is 5.02 Å². The van der Waals surface area contributed by atoms with E-state index in [2.05, 4.69) is 0 Å². The van der Waals surface area contributed by atoms with Crippen LogP contribution in [-0.2, 0) is 4.79 Å². The van der Waals surface area contributed by atoms with Gasteiger partial charge in [-0.3, -0.25) is 9.59 Å². The number of amides is 1. The van der Waals surface area contributed by atoms with Gasteiger partial charge in [-0.2, -0.15) is 0 Å². The van der Waals surface area contributed by atoms with E-state index in [1.165, 1.54) is 18.2 Å². The van der Waals surface area contributed by atoms with E-state index in [1.807, 2.05) is 0 Å². The number of aliphatic carboxylic acids is 1. The molecule has 0 aliphatic carbocycles. The predicted octanol–water partition coefficient (Wildman–Crippen LogP) is 3.20. The number of halogens is 2. The third kappa shape index (κ3) is 3.94. The van der Waals surface area contributed by atoms with Crippen molar-refractivity contribution in [3.63, 3.8) is 0 Å². The van der Waals surface area contributed by atoms with E-state index in [0.29, 0.717) is 25.4 Å². The molecule has 0 saturated carbocycles. The Morgan fingerprint density at radius 1 is 1.33 bits per heavy atom. The summed E-state index contributed by atoms with van der Waals surface area (Å²) in [6.45, 7) is 1.02. The van der Waals surface area contributed by atoms with E-state index in [0.717, 1.165) is 12.8 Å². The Kier molecular flexibility index (Phi) is 5.17. The number of nitrogens with zero attached hydrogens (tertiary/aromatic N) is 1. The number of hydrogen-bond donors (Lipinski definition) is 1. The lowest BCUT2D eigenvalue weighted by atomic mass is 9.92. The molecule has 0 bridgehead atoms. The Morgan fingerprint density at radius 2 is 2.00 bits per heavy atom. The van der Waals surface area contributed by atoms with Gasteiger partial charge in [-0.25, -0.2) is 4.39 Å². The average Bonchev–Trinajstić information content (AvgIpc) is 2.45. The molecule has 1 aliphatic heterocycles. The molecule has 6 heteroatoms. The zero-order chi connectivity index (χ0) is 15.4. The van der Waals surface area contributed by atoms with Gasteiger partial charge < -0.3 is 10.0 Å². The molecule has 0 atom stereocenters. The lowest BCUT2D eigenvalue weighted by molar-refractivity contribution is -0.137. The van der Waals surface area contributed by atoms with Crippen LogP contribution < -0.4 is 0 Å². The van der Waals surface area contributed by atoms with E-state index in [1.54, 1.807) is 4.90 Å². The highest BCUT2D eigenvalue weighted by atomic mass is 35.5. The molecule has 0 unspecified atom stereocenters. The number of benzene rings is 1. The minimum Gasteiger partial charge on any atom is -0.481 e. The van der Waals surface area contributed by atoms with Gasteiger partial charge in [0.15, 0.2) is 0 Å². The summed E-state index contributed by atoms with van der Waals surface area (Å²) in [6, 6.07) is 4.18. The highest BCUT2D eigenvalue weighted by molar-refractivity contribution is 6.33. The fourth-order valence-corrected chi connectivity index (χ4v) is 2.86. The van der Waals surface area contributed by atoms with Gasteiger partial charge in [-0.05, 0) is 37.3 Å². The summed E-state index contributed by atoms with van der Waals surface area (Å²) in [7, 11) is 0. The number of piperidine rings is 1. The summed E-state index contributed by atoms with van der Waals surface area (Å²) in [6.07, 6.45) is 2.26. The Morgan fingerprint density at radius 3 is 2.57 bits per heavy atom. The van der Waals surface area contributed by atoms with E-state index in [-0.39, 0.29) is 17.0 Å². The van der Waals surface area contributed by atoms with Gasteiger partial charge in [-0.15, -0.1) is 0 Å². The normalized spacial score (nSPS) is 16.0. The molecule has 1 amide bonds. The number of carboxylic acid groups (broad SMARTS) is 1. The second kappa shape index (κ2) is 6.89. The van der Waals surface area contributed by atoms with Gasteiger partial charge in [0.1, 0.15) is 5.82 Å². The molecule has 1 aliphatic rings. The van der Waals surface area contributed by atoms with E-state index in [9.17, 15) is 14.0 Å². The molecule has 1 N–H and O–H groups in total. The van der Waals surface area contributed by atoms with Crippen molar-refractivity contribution in [3.8, 4) is 0 Å². The van der Waals surface area contributed by atoms with Gasteiger partial charge in [0, 0.05) is 19.5 Å². The highest BCUT2D eigenvalue weighted by Crippen LogP contribution is 2.26. The molecule has 114 valence electrons. The molecule has 1 fully saturated rings. The molecule has 1 aromatic carbocycles. The van der Waals surface area contributed by atoms with Gasteiger partial charge in [0.25, 0.3) is 5.91 Å². The summed E-state index contributed by atoms with van der Waals surface area (Å²) < 4.78 is 13.7. The predicted molar refractivity (Wildman–Crippen MR) is 76.9 cm³/mol. The molecular weight excluding hydrogens is 297 g/mol. The molecular formula is C15H17ClFNO3. The van der Waals surface area contributed by atoms with Crippen molar-refractivity contribution in [1.82, 2.24) is 4.90 Å². The van der Waals surface area contributed by atoms with Crippen molar-refractivity contribution in [1.29, 1.82) is 0 Å². The molecule has 1 aromatic rings. The Bertz CT molecular complexity index is 521. The molecule has 0 spiro atoms. The van der Waals surface area contributed by atoms with Crippen LogP contribution in [0.25, 0.3) is 0 Å². The smallest absolute Gasteiger partial charge is 0.303 e. The second-order valence-corrected chi connectivity index (χ2v) is 5.67. The lowest BCUT2D eigenvalue weighted by Gasteiger charge is -2.32. The van der Waals surface area contributed by atoms with Crippen LogP contribution in [0.15, 0.2) is 18.2 Å². The van der Waals surface area contributed by atoms with Crippen molar-refractivity contribution in [2.75, 3.05) is 13.1 Å². The van der Waals surface area contributed by atoms with Crippen LogP contribution in [0.1, 0.15) is 36.0 Å². The van der Waals surface area contributed by atoms with E-state index < -0.39 is 17.7 Å². The van der Waals surface area contributed by atoms with Gasteiger partial charge in [0.2, 0.25) is 0 Å². The average molecular weight is 314 g/mol. The van der Waals surface area contributed by atoms with Gasteiger partial charge >= 0.3 is 5.97 Å². The van der Waals surface area contributed by atoms with Crippen molar-refractivity contribution in [3.05, 3.63) is 34.6 Å². The summed E-state index contributed by atoms with van der Waals surface area (Å²) in [5, 5.41) is 8.79. The van der Waals surface area contributed by atoms with E-state index >= 15 is 0 Å². The standard InChI is InChI=1S/C15H17ClFNO3/c16-11-2-1-3-12(17)14(11)15(21)18-8-6-10(7-9-18)4-5-13(19)20/h1-3,10H,4-9H2,(H,19,20). The molecule has 4 nitrogen and oxygen atoms in total. The Labute approximate surface area is 127 Å². The number of hydrogen-bond acceptors (Lipinski definition) is 2. The van der Waals surface area contributed by atoms with E-state index in [4.69, 9.17) is 16.7 Å². The Hall–Kier alpha value is -1.62. The van der Waals surface area contributed by atoms with Gasteiger partial charge in [0.05, 0.1) is 10.6 Å². The third-order valence-electron chi connectivity index (χ3n) is 3.84. The fraction of sp³-hybridized carbons (Fsp3) is 0.467. The largest absolute Gasteiger partial charge is 0.481 e. The quantitative estimate of drug-likeness (QED) is 0.928. The molecule has 0 aromatic heterocycles. The highest BCUT2D eigenvalue weighted by Gasteiger charge is 2.26. The maximum atomic E-state index is 13.7. The van der Waals surface area contributed by atoms with Crippen LogP contribution in [0.5, 0.6) is 0 Å². The van der Waals surface area contributed by atoms with Crippen molar-refractivity contribution in [2.24, 2.45) is 5.92 Å². The Balaban J connectivity index is 1.96. The van der Waals surface area contributed by atoms with Crippen LogP contribution >= 0.6 is 11.6 Å². The first-order chi connectivity index (χ1) is 9.99. The zero-order valence-corrected chi connectivity index (χ0v) is 12.3. The molecule has 0 radical (unpaired) electrons. The third-order valence-corrected chi connectivity index (χ3v) is 4.16. The fourth-order valence-electron chi connectivity index (χ4n) is 2.61. The topological polar surface area (TPSA) is 57.6 Å². The summed E-state index contributed by atoms with van der Waals surface area (Å²) >= 11 is 5.90. The van der Waals surface area contributed by atoms with Crippen LogP contribution in [0, 0.1) is 11.7 Å². The monoisotopic (exact) mass is 313 g/mol. The lowest BCUT2D eigenvalue weighted by Crippen LogP contribution is -2.39. The number of carbonyl (C=O) groups excluding carboxylic acids is 1. The minimum absolute atomic E-state index is 0.0804.